The molecule has 0 fully saturated rings. The third-order valence-electron chi connectivity index (χ3n) is 3.45. The van der Waals surface area contributed by atoms with E-state index >= 15 is 0 Å². The van der Waals surface area contributed by atoms with Crippen molar-refractivity contribution < 1.29 is 23.8 Å². The Bertz CT molecular complexity index is 784. The maximum atomic E-state index is 11.9. The Labute approximate surface area is 149 Å². The Kier molecular flexibility index (Phi) is 5.47. The smallest absolute Gasteiger partial charge is 0.326 e. The molecule has 1 amide bonds. The van der Waals surface area contributed by atoms with Crippen molar-refractivity contribution in [3.63, 3.8) is 0 Å². The van der Waals surface area contributed by atoms with Crippen LogP contribution in [0.1, 0.15) is 0 Å². The number of benzene rings is 1. The maximum Gasteiger partial charge on any atom is 0.326 e. The predicted octanol–water partition coefficient (Wildman–Crippen LogP) is 0.866. The molecule has 2 aromatic rings. The number of fused-ring (bicyclic) bond motifs is 1. The lowest BCUT2D eigenvalue weighted by atomic mass is 10.2. The predicted molar refractivity (Wildman–Crippen MR) is 92.3 cm³/mol. The lowest BCUT2D eigenvalue weighted by molar-refractivity contribution is -0.145. The van der Waals surface area contributed by atoms with Crippen molar-refractivity contribution in [2.24, 2.45) is 0 Å². The first-order valence-electron chi connectivity index (χ1n) is 7.95. The van der Waals surface area contributed by atoms with Crippen LogP contribution in [0.5, 0.6) is 11.5 Å². The zero-order chi connectivity index (χ0) is 18.4. The molecule has 9 heteroatoms. The Balaban J connectivity index is 1.46. The van der Waals surface area contributed by atoms with E-state index in [2.05, 4.69) is 15.3 Å². The van der Waals surface area contributed by atoms with E-state index < -0.39 is 18.5 Å². The molecular weight excluding hydrogens is 340 g/mol. The Morgan fingerprint density at radius 1 is 1.19 bits per heavy atom. The van der Waals surface area contributed by atoms with Gasteiger partial charge in [0, 0.05) is 31.2 Å². The normalized spacial score (nSPS) is 12.2. The van der Waals surface area contributed by atoms with Gasteiger partial charge in [-0.05, 0) is 18.2 Å². The highest BCUT2D eigenvalue weighted by Gasteiger charge is 2.15. The number of carbonyl (C=O) groups excluding carboxylic acids is 2. The molecule has 0 unspecified atom stereocenters. The lowest BCUT2D eigenvalue weighted by Crippen LogP contribution is -2.30. The van der Waals surface area contributed by atoms with Crippen LogP contribution in [-0.4, -0.2) is 55.3 Å². The summed E-state index contributed by atoms with van der Waals surface area (Å²) in [6.45, 7) is 0.496. The van der Waals surface area contributed by atoms with Crippen LogP contribution in [-0.2, 0) is 14.3 Å². The number of likely N-dealkylation sites (N-methyl/N-ethyl adjacent to an activating group) is 1. The van der Waals surface area contributed by atoms with Crippen molar-refractivity contribution in [1.82, 2.24) is 9.97 Å². The minimum absolute atomic E-state index is 0.0681. The van der Waals surface area contributed by atoms with Gasteiger partial charge in [0.15, 0.2) is 18.1 Å². The highest BCUT2D eigenvalue weighted by atomic mass is 16.6. The van der Waals surface area contributed by atoms with Gasteiger partial charge in [-0.1, -0.05) is 0 Å². The molecule has 9 nitrogen and oxygen atoms in total. The number of amides is 1. The minimum atomic E-state index is -0.558. The average Bonchev–Trinajstić information content (AvgIpc) is 2.67. The van der Waals surface area contributed by atoms with Gasteiger partial charge in [-0.2, -0.15) is 0 Å². The summed E-state index contributed by atoms with van der Waals surface area (Å²) < 4.78 is 15.8. The van der Waals surface area contributed by atoms with Gasteiger partial charge >= 0.3 is 5.97 Å². The molecule has 1 N–H and O–H groups in total. The zero-order valence-corrected chi connectivity index (χ0v) is 14.2. The molecule has 0 bridgehead atoms. The van der Waals surface area contributed by atoms with Gasteiger partial charge in [-0.25, -0.2) is 9.97 Å². The topological polar surface area (TPSA) is 103 Å². The van der Waals surface area contributed by atoms with Crippen LogP contribution in [0.2, 0.25) is 0 Å². The van der Waals surface area contributed by atoms with E-state index in [1.807, 2.05) is 0 Å². The number of hydrogen-bond donors (Lipinski definition) is 1. The summed E-state index contributed by atoms with van der Waals surface area (Å²) >= 11 is 0. The highest BCUT2D eigenvalue weighted by Crippen LogP contribution is 2.32. The number of rotatable bonds is 6. The number of aromatic nitrogens is 2. The molecule has 0 atom stereocenters. The first kappa shape index (κ1) is 17.5. The van der Waals surface area contributed by atoms with Crippen molar-refractivity contribution in [2.45, 2.75) is 0 Å². The van der Waals surface area contributed by atoms with Gasteiger partial charge < -0.3 is 24.4 Å². The van der Waals surface area contributed by atoms with Crippen molar-refractivity contribution in [2.75, 3.05) is 43.6 Å². The number of nitrogens with one attached hydrogen (secondary N) is 1. The molecule has 0 spiro atoms. The number of hydrogen-bond acceptors (Lipinski definition) is 8. The number of ether oxygens (including phenoxy) is 3. The molecule has 3 rings (SSSR count). The van der Waals surface area contributed by atoms with Gasteiger partial charge in [0.2, 0.25) is 5.95 Å². The number of carbonyl (C=O) groups is 2. The van der Waals surface area contributed by atoms with Crippen LogP contribution in [0, 0.1) is 0 Å². The molecule has 1 aromatic carbocycles. The van der Waals surface area contributed by atoms with Gasteiger partial charge in [-0.3, -0.25) is 9.59 Å². The van der Waals surface area contributed by atoms with Crippen molar-refractivity contribution in [1.29, 1.82) is 0 Å². The first-order valence-corrected chi connectivity index (χ1v) is 7.95. The number of nitrogens with zero attached hydrogens (tertiary/aromatic N) is 3. The molecule has 0 aliphatic carbocycles. The van der Waals surface area contributed by atoms with E-state index in [1.54, 1.807) is 43.7 Å². The molecule has 0 saturated carbocycles. The van der Waals surface area contributed by atoms with Crippen molar-refractivity contribution in [3.8, 4) is 11.5 Å². The second-order valence-corrected chi connectivity index (χ2v) is 5.47. The van der Waals surface area contributed by atoms with Gasteiger partial charge in [0.25, 0.3) is 5.91 Å². The Hall–Kier alpha value is -3.36. The third kappa shape index (κ3) is 4.59. The summed E-state index contributed by atoms with van der Waals surface area (Å²) in [5.74, 6) is 0.582. The fourth-order valence-electron chi connectivity index (χ4n) is 2.26. The molecule has 1 aliphatic heterocycles. The van der Waals surface area contributed by atoms with Crippen molar-refractivity contribution >= 4 is 23.5 Å². The van der Waals surface area contributed by atoms with Crippen LogP contribution < -0.4 is 19.7 Å². The SMILES string of the molecule is CN(CC(=O)OCC(=O)Nc1ccc2c(c1)OCCO2)c1ncccn1. The number of anilines is 2. The van der Waals surface area contributed by atoms with Crippen molar-refractivity contribution in [3.05, 3.63) is 36.7 Å². The summed E-state index contributed by atoms with van der Waals surface area (Å²) in [6.07, 6.45) is 3.15. The fourth-order valence-corrected chi connectivity index (χ4v) is 2.26. The van der Waals surface area contributed by atoms with E-state index in [-0.39, 0.29) is 6.54 Å². The van der Waals surface area contributed by atoms with E-state index in [0.29, 0.717) is 36.3 Å². The summed E-state index contributed by atoms with van der Waals surface area (Å²) in [4.78, 5) is 33.4. The summed E-state index contributed by atoms with van der Waals surface area (Å²) in [5, 5.41) is 2.64. The van der Waals surface area contributed by atoms with Crippen LogP contribution in [0.25, 0.3) is 0 Å². The molecule has 1 aromatic heterocycles. The molecule has 26 heavy (non-hydrogen) atoms. The second-order valence-electron chi connectivity index (χ2n) is 5.47. The van der Waals surface area contributed by atoms with Gasteiger partial charge in [0.1, 0.15) is 19.8 Å². The van der Waals surface area contributed by atoms with Crippen LogP contribution in [0.15, 0.2) is 36.7 Å². The third-order valence-corrected chi connectivity index (χ3v) is 3.45. The standard InChI is InChI=1S/C17H18N4O5/c1-21(17-18-5-2-6-19-17)10-16(23)26-11-15(22)20-12-3-4-13-14(9-12)25-8-7-24-13/h2-6,9H,7-8,10-11H2,1H3,(H,20,22). The van der Waals surface area contributed by atoms with Gasteiger partial charge in [-0.15, -0.1) is 0 Å². The minimum Gasteiger partial charge on any atom is -0.486 e. The highest BCUT2D eigenvalue weighted by molar-refractivity contribution is 5.93. The summed E-state index contributed by atoms with van der Waals surface area (Å²) in [5.41, 5.74) is 0.533. The largest absolute Gasteiger partial charge is 0.486 e. The average molecular weight is 358 g/mol. The monoisotopic (exact) mass is 358 g/mol. The quantitative estimate of drug-likeness (QED) is 0.759. The Morgan fingerprint density at radius 2 is 1.92 bits per heavy atom. The summed E-state index contributed by atoms with van der Waals surface area (Å²) in [6, 6.07) is 6.74. The van der Waals surface area contributed by atoms with E-state index in [9.17, 15) is 9.59 Å². The maximum absolute atomic E-state index is 11.9. The molecule has 1 aliphatic rings. The zero-order valence-electron chi connectivity index (χ0n) is 14.2. The molecule has 2 heterocycles. The van der Waals surface area contributed by atoms with Crippen LogP contribution >= 0.6 is 0 Å². The molecule has 0 radical (unpaired) electrons. The van der Waals surface area contributed by atoms with E-state index in [0.717, 1.165) is 0 Å². The van der Waals surface area contributed by atoms with Gasteiger partial charge in [0.05, 0.1) is 0 Å². The fraction of sp³-hybridized carbons (Fsp3) is 0.294. The Morgan fingerprint density at radius 3 is 2.69 bits per heavy atom. The second kappa shape index (κ2) is 8.15. The summed E-state index contributed by atoms with van der Waals surface area (Å²) in [7, 11) is 1.66. The van der Waals surface area contributed by atoms with E-state index in [1.165, 1.54) is 4.90 Å². The molecular formula is C17H18N4O5. The van der Waals surface area contributed by atoms with Crippen LogP contribution in [0.4, 0.5) is 11.6 Å². The lowest BCUT2D eigenvalue weighted by Gasteiger charge is -2.19. The number of esters is 1. The first-order chi connectivity index (χ1) is 12.6. The molecule has 0 saturated heterocycles. The molecule has 136 valence electrons. The van der Waals surface area contributed by atoms with Crippen LogP contribution in [0.3, 0.4) is 0 Å². The van der Waals surface area contributed by atoms with E-state index in [4.69, 9.17) is 14.2 Å².